The van der Waals surface area contributed by atoms with Gasteiger partial charge >= 0.3 is 0 Å². The molecule has 1 fully saturated rings. The van der Waals surface area contributed by atoms with Crippen molar-refractivity contribution in [3.8, 4) is 0 Å². The summed E-state index contributed by atoms with van der Waals surface area (Å²) in [5.41, 5.74) is 5.38. The van der Waals surface area contributed by atoms with Gasteiger partial charge in [-0.2, -0.15) is 0 Å². The molecule has 3 heteroatoms. The molecular weight excluding hydrogens is 188 g/mol. The number of carbonyl (C=O) groups excluding carboxylic acids is 1. The van der Waals surface area contributed by atoms with E-state index in [9.17, 15) is 4.79 Å². The van der Waals surface area contributed by atoms with E-state index in [1.54, 1.807) is 0 Å². The van der Waals surface area contributed by atoms with Crippen molar-refractivity contribution in [1.29, 1.82) is 0 Å². The number of hydrogen-bond donors (Lipinski definition) is 2. The summed E-state index contributed by atoms with van der Waals surface area (Å²) in [4.78, 5) is 11.5. The highest BCUT2D eigenvalue weighted by atomic mass is 16.1. The van der Waals surface area contributed by atoms with Gasteiger partial charge < -0.3 is 11.1 Å². The van der Waals surface area contributed by atoms with Gasteiger partial charge in [-0.05, 0) is 44.1 Å². The second-order valence-electron chi connectivity index (χ2n) is 4.96. The molecule has 0 radical (unpaired) electrons. The molecule has 0 spiro atoms. The Hall–Kier alpha value is -0.570. The molecule has 0 heterocycles. The van der Waals surface area contributed by atoms with Crippen molar-refractivity contribution < 1.29 is 4.79 Å². The molecule has 1 aliphatic rings. The summed E-state index contributed by atoms with van der Waals surface area (Å²) >= 11 is 0. The zero-order valence-electron chi connectivity index (χ0n) is 9.96. The average molecular weight is 212 g/mol. The minimum absolute atomic E-state index is 0.173. The van der Waals surface area contributed by atoms with Gasteiger partial charge in [0.05, 0.1) is 0 Å². The van der Waals surface area contributed by atoms with Gasteiger partial charge in [0.1, 0.15) is 0 Å². The first-order valence-corrected chi connectivity index (χ1v) is 6.13. The van der Waals surface area contributed by atoms with E-state index in [4.69, 9.17) is 5.73 Å². The average Bonchev–Trinajstić information content (AvgIpc) is 2.19. The SMILES string of the molecule is CC1CCC(NC(=O)CCCN)C(C)C1. The van der Waals surface area contributed by atoms with Crippen molar-refractivity contribution in [1.82, 2.24) is 5.32 Å². The van der Waals surface area contributed by atoms with Crippen LogP contribution in [-0.2, 0) is 4.79 Å². The predicted octanol–water partition coefficient (Wildman–Crippen LogP) is 1.67. The normalized spacial score (nSPS) is 31.3. The quantitative estimate of drug-likeness (QED) is 0.744. The van der Waals surface area contributed by atoms with E-state index in [1.807, 2.05) is 0 Å². The molecule has 0 aromatic rings. The first-order chi connectivity index (χ1) is 7.13. The molecule has 1 amide bonds. The van der Waals surface area contributed by atoms with E-state index in [1.165, 1.54) is 12.8 Å². The molecule has 0 aliphatic heterocycles. The second-order valence-corrected chi connectivity index (χ2v) is 4.96. The lowest BCUT2D eigenvalue weighted by atomic mass is 9.80. The summed E-state index contributed by atoms with van der Waals surface area (Å²) in [6, 6.07) is 0.395. The van der Waals surface area contributed by atoms with E-state index < -0.39 is 0 Å². The van der Waals surface area contributed by atoms with Gasteiger partial charge in [0, 0.05) is 12.5 Å². The van der Waals surface area contributed by atoms with Gasteiger partial charge in [0.25, 0.3) is 0 Å². The van der Waals surface area contributed by atoms with E-state index in [-0.39, 0.29) is 5.91 Å². The molecule has 3 unspecified atom stereocenters. The Bertz CT molecular complexity index is 206. The van der Waals surface area contributed by atoms with E-state index in [0.29, 0.717) is 24.9 Å². The topological polar surface area (TPSA) is 55.1 Å². The molecule has 88 valence electrons. The van der Waals surface area contributed by atoms with Crippen LogP contribution < -0.4 is 11.1 Å². The van der Waals surface area contributed by atoms with Crippen LogP contribution in [-0.4, -0.2) is 18.5 Å². The van der Waals surface area contributed by atoms with Crippen molar-refractivity contribution in [3.05, 3.63) is 0 Å². The highest BCUT2D eigenvalue weighted by molar-refractivity contribution is 5.76. The summed E-state index contributed by atoms with van der Waals surface area (Å²) in [7, 11) is 0. The summed E-state index contributed by atoms with van der Waals surface area (Å²) in [5.74, 6) is 1.61. The molecule has 1 aliphatic carbocycles. The van der Waals surface area contributed by atoms with E-state index in [0.717, 1.165) is 18.8 Å². The number of rotatable bonds is 4. The third-order valence-corrected chi connectivity index (χ3v) is 3.39. The maximum atomic E-state index is 11.5. The Kier molecular flexibility index (Phi) is 5.09. The lowest BCUT2D eigenvalue weighted by Gasteiger charge is -2.33. The fraction of sp³-hybridized carbons (Fsp3) is 0.917. The van der Waals surface area contributed by atoms with Crippen LogP contribution in [0.15, 0.2) is 0 Å². The van der Waals surface area contributed by atoms with Crippen LogP contribution in [0.2, 0.25) is 0 Å². The zero-order valence-corrected chi connectivity index (χ0v) is 9.96. The molecule has 0 bridgehead atoms. The van der Waals surface area contributed by atoms with Gasteiger partial charge in [-0.1, -0.05) is 13.8 Å². The van der Waals surface area contributed by atoms with Gasteiger partial charge in [-0.15, -0.1) is 0 Å². The van der Waals surface area contributed by atoms with E-state index >= 15 is 0 Å². The first kappa shape index (κ1) is 12.5. The Morgan fingerprint density at radius 2 is 2.13 bits per heavy atom. The molecule has 3 nitrogen and oxygen atoms in total. The summed E-state index contributed by atoms with van der Waals surface area (Å²) in [6.07, 6.45) is 4.99. The van der Waals surface area contributed by atoms with Gasteiger partial charge in [-0.25, -0.2) is 0 Å². The predicted molar refractivity (Wildman–Crippen MR) is 62.4 cm³/mol. The van der Waals surface area contributed by atoms with Crippen LogP contribution >= 0.6 is 0 Å². The second kappa shape index (κ2) is 6.11. The lowest BCUT2D eigenvalue weighted by Crippen LogP contribution is -2.42. The minimum atomic E-state index is 0.173. The Morgan fingerprint density at radius 3 is 2.73 bits per heavy atom. The first-order valence-electron chi connectivity index (χ1n) is 6.13. The summed E-state index contributed by atoms with van der Waals surface area (Å²) in [6.45, 7) is 5.14. The lowest BCUT2D eigenvalue weighted by molar-refractivity contribution is -0.122. The van der Waals surface area contributed by atoms with Crippen LogP contribution in [0, 0.1) is 11.8 Å². The van der Waals surface area contributed by atoms with Gasteiger partial charge in [0.15, 0.2) is 0 Å². The molecular formula is C12H24N2O. The monoisotopic (exact) mass is 212 g/mol. The van der Waals surface area contributed by atoms with Crippen LogP contribution in [0.4, 0.5) is 0 Å². The van der Waals surface area contributed by atoms with Gasteiger partial charge in [0.2, 0.25) is 5.91 Å². The molecule has 0 saturated heterocycles. The van der Waals surface area contributed by atoms with Crippen molar-refractivity contribution in [2.45, 2.75) is 52.0 Å². The number of carbonyl (C=O) groups is 1. The molecule has 3 N–H and O–H groups in total. The molecule has 1 saturated carbocycles. The summed E-state index contributed by atoms with van der Waals surface area (Å²) in [5, 5.41) is 3.13. The summed E-state index contributed by atoms with van der Waals surface area (Å²) < 4.78 is 0. The van der Waals surface area contributed by atoms with Crippen molar-refractivity contribution >= 4 is 5.91 Å². The molecule has 3 atom stereocenters. The molecule has 1 rings (SSSR count). The van der Waals surface area contributed by atoms with Crippen molar-refractivity contribution in [2.75, 3.05) is 6.54 Å². The third kappa shape index (κ3) is 4.20. The zero-order chi connectivity index (χ0) is 11.3. The maximum absolute atomic E-state index is 11.5. The largest absolute Gasteiger partial charge is 0.353 e. The smallest absolute Gasteiger partial charge is 0.220 e. The number of nitrogens with two attached hydrogens (primary N) is 1. The standard InChI is InChI=1S/C12H24N2O/c1-9-5-6-11(10(2)8-9)14-12(15)4-3-7-13/h9-11H,3-8,13H2,1-2H3,(H,14,15). The van der Waals surface area contributed by atoms with Crippen molar-refractivity contribution in [3.63, 3.8) is 0 Å². The molecule has 15 heavy (non-hydrogen) atoms. The Labute approximate surface area is 92.8 Å². The molecule has 0 aromatic heterocycles. The maximum Gasteiger partial charge on any atom is 0.220 e. The number of hydrogen-bond acceptors (Lipinski definition) is 2. The van der Waals surface area contributed by atoms with Crippen molar-refractivity contribution in [2.24, 2.45) is 17.6 Å². The Morgan fingerprint density at radius 1 is 1.40 bits per heavy atom. The fourth-order valence-corrected chi connectivity index (χ4v) is 2.42. The highest BCUT2D eigenvalue weighted by Gasteiger charge is 2.26. The van der Waals surface area contributed by atoms with E-state index in [2.05, 4.69) is 19.2 Å². The van der Waals surface area contributed by atoms with Crippen LogP contribution in [0.1, 0.15) is 46.0 Å². The molecule has 0 aromatic carbocycles. The third-order valence-electron chi connectivity index (χ3n) is 3.39. The van der Waals surface area contributed by atoms with Crippen LogP contribution in [0.5, 0.6) is 0 Å². The number of amides is 1. The van der Waals surface area contributed by atoms with Gasteiger partial charge in [-0.3, -0.25) is 4.79 Å². The van der Waals surface area contributed by atoms with Crippen LogP contribution in [0.3, 0.4) is 0 Å². The Balaban J connectivity index is 2.28. The van der Waals surface area contributed by atoms with Crippen LogP contribution in [0.25, 0.3) is 0 Å². The fourth-order valence-electron chi connectivity index (χ4n) is 2.42. The number of nitrogens with one attached hydrogen (secondary N) is 1. The highest BCUT2D eigenvalue weighted by Crippen LogP contribution is 2.28. The minimum Gasteiger partial charge on any atom is -0.353 e.